The van der Waals surface area contributed by atoms with Gasteiger partial charge < -0.3 is 37.6 Å². The van der Waals surface area contributed by atoms with Gasteiger partial charge >= 0.3 is 5.97 Å². The molecule has 0 heterocycles. The van der Waals surface area contributed by atoms with Crippen LogP contribution in [0.25, 0.3) is 0 Å². The molecule has 5 unspecified atom stereocenters. The molecule has 0 aliphatic heterocycles. The molecule has 1 rings (SSSR count). The number of carbonyl (C=O) groups is 5. The van der Waals surface area contributed by atoms with Crippen molar-refractivity contribution >= 4 is 42.2 Å². The van der Waals surface area contributed by atoms with Gasteiger partial charge in [0.15, 0.2) is 0 Å². The fraction of sp³-hybridized carbons (Fsp3) is 0.450. The molecule has 12 nitrogen and oxygen atoms in total. The van der Waals surface area contributed by atoms with E-state index in [9.17, 15) is 34.2 Å². The van der Waals surface area contributed by atoms with Crippen molar-refractivity contribution in [3.8, 4) is 0 Å². The van der Waals surface area contributed by atoms with Crippen LogP contribution in [0.5, 0.6) is 0 Å². The Morgan fingerprint density at radius 3 is 2.03 bits per heavy atom. The first kappa shape index (κ1) is 27.9. The van der Waals surface area contributed by atoms with Gasteiger partial charge in [-0.25, -0.2) is 4.79 Å². The molecule has 0 aromatic heterocycles. The molecule has 33 heavy (non-hydrogen) atoms. The van der Waals surface area contributed by atoms with Crippen molar-refractivity contribution in [2.75, 3.05) is 5.75 Å². The molecular formula is C20H29N5O7S. The van der Waals surface area contributed by atoms with Crippen molar-refractivity contribution in [1.82, 2.24) is 16.0 Å². The maximum absolute atomic E-state index is 12.6. The lowest BCUT2D eigenvalue weighted by molar-refractivity contribution is -0.142. The molecule has 0 aliphatic rings. The fourth-order valence-corrected chi connectivity index (χ4v) is 3.01. The Morgan fingerprint density at radius 2 is 1.55 bits per heavy atom. The van der Waals surface area contributed by atoms with Gasteiger partial charge in [0.05, 0.1) is 18.6 Å². The number of hydrogen-bond acceptors (Lipinski definition) is 8. The van der Waals surface area contributed by atoms with Crippen LogP contribution in [0.15, 0.2) is 30.3 Å². The summed E-state index contributed by atoms with van der Waals surface area (Å²) < 4.78 is 0. The Balaban J connectivity index is 2.84. The van der Waals surface area contributed by atoms with E-state index >= 15 is 0 Å². The highest BCUT2D eigenvalue weighted by atomic mass is 32.1. The van der Waals surface area contributed by atoms with E-state index in [1.54, 1.807) is 30.3 Å². The summed E-state index contributed by atoms with van der Waals surface area (Å²) in [5.74, 6) is -4.95. The van der Waals surface area contributed by atoms with Crippen molar-refractivity contribution in [1.29, 1.82) is 0 Å². The van der Waals surface area contributed by atoms with Crippen molar-refractivity contribution in [3.63, 3.8) is 0 Å². The number of benzene rings is 1. The Hall–Kier alpha value is -3.16. The molecule has 4 amide bonds. The fourth-order valence-electron chi connectivity index (χ4n) is 2.75. The molecule has 0 fully saturated rings. The van der Waals surface area contributed by atoms with Crippen molar-refractivity contribution < 1.29 is 34.2 Å². The highest BCUT2D eigenvalue weighted by Gasteiger charge is 2.32. The second-order valence-electron chi connectivity index (χ2n) is 7.34. The van der Waals surface area contributed by atoms with Crippen LogP contribution in [0.2, 0.25) is 0 Å². The van der Waals surface area contributed by atoms with Crippen molar-refractivity contribution in [2.45, 2.75) is 50.0 Å². The molecule has 0 aliphatic carbocycles. The summed E-state index contributed by atoms with van der Waals surface area (Å²) in [7, 11) is 0. The van der Waals surface area contributed by atoms with Crippen LogP contribution in [0, 0.1) is 0 Å². The molecule has 1 aromatic rings. The molecule has 182 valence electrons. The summed E-state index contributed by atoms with van der Waals surface area (Å²) in [6.07, 6.45) is -1.85. The quantitative estimate of drug-likeness (QED) is 0.138. The van der Waals surface area contributed by atoms with Gasteiger partial charge in [0.2, 0.25) is 23.6 Å². The highest BCUT2D eigenvalue weighted by Crippen LogP contribution is 2.05. The zero-order chi connectivity index (χ0) is 25.1. The van der Waals surface area contributed by atoms with Crippen molar-refractivity contribution in [3.05, 3.63) is 35.9 Å². The first-order valence-corrected chi connectivity index (χ1v) is 10.6. The zero-order valence-electron chi connectivity index (χ0n) is 17.9. The van der Waals surface area contributed by atoms with Crippen LogP contribution >= 0.6 is 12.6 Å². The van der Waals surface area contributed by atoms with Gasteiger partial charge in [0, 0.05) is 12.2 Å². The number of aliphatic hydroxyl groups is 1. The number of nitrogens with two attached hydrogens (primary N) is 2. The van der Waals surface area contributed by atoms with Gasteiger partial charge in [-0.2, -0.15) is 12.6 Å². The second kappa shape index (κ2) is 13.4. The Labute approximate surface area is 195 Å². The van der Waals surface area contributed by atoms with Crippen LogP contribution in [0.4, 0.5) is 0 Å². The maximum Gasteiger partial charge on any atom is 0.326 e. The molecule has 13 heteroatoms. The average Bonchev–Trinajstić information content (AvgIpc) is 2.74. The summed E-state index contributed by atoms with van der Waals surface area (Å²) in [5, 5.41) is 26.2. The van der Waals surface area contributed by atoms with Crippen LogP contribution < -0.4 is 27.4 Å². The number of rotatable bonds is 13. The number of carbonyl (C=O) groups excluding carboxylic acids is 4. The third kappa shape index (κ3) is 9.47. The lowest BCUT2D eigenvalue weighted by Crippen LogP contribution is -2.60. The molecule has 9 N–H and O–H groups in total. The first-order chi connectivity index (χ1) is 15.5. The molecular weight excluding hydrogens is 454 g/mol. The Bertz CT molecular complexity index is 852. The summed E-state index contributed by atoms with van der Waals surface area (Å²) in [5.41, 5.74) is 11.2. The standard InChI is InChI=1S/C20H29N5O7S/c1-10(26)16(25-17(28)12(21)8-15(22)27)19(30)24-14(9-33)18(29)23-13(20(31)32)7-11-5-3-2-4-6-11/h2-6,10,12-14,16,26,33H,7-9,21H2,1H3,(H2,22,27)(H,23,29)(H,24,30)(H,25,28)(H,31,32). The summed E-state index contributed by atoms with van der Waals surface area (Å²) in [6, 6.07) is 3.26. The van der Waals surface area contributed by atoms with E-state index in [0.717, 1.165) is 0 Å². The van der Waals surface area contributed by atoms with E-state index < -0.39 is 66.3 Å². The number of thiol groups is 1. The van der Waals surface area contributed by atoms with Crippen LogP contribution in [0.1, 0.15) is 18.9 Å². The van der Waals surface area contributed by atoms with E-state index in [1.807, 2.05) is 0 Å². The molecule has 1 aromatic carbocycles. The third-order valence-corrected chi connectivity index (χ3v) is 4.90. The lowest BCUT2D eigenvalue weighted by Gasteiger charge is -2.25. The predicted molar refractivity (Wildman–Crippen MR) is 121 cm³/mol. The molecule has 0 spiro atoms. The number of nitrogens with one attached hydrogen (secondary N) is 3. The maximum atomic E-state index is 12.6. The molecule has 0 bridgehead atoms. The van der Waals surface area contributed by atoms with E-state index in [2.05, 4.69) is 28.6 Å². The zero-order valence-corrected chi connectivity index (χ0v) is 18.8. The van der Waals surface area contributed by atoms with Gasteiger partial charge in [-0.1, -0.05) is 30.3 Å². The molecule has 0 saturated carbocycles. The number of aliphatic carboxylic acids is 1. The monoisotopic (exact) mass is 483 g/mol. The smallest absolute Gasteiger partial charge is 0.326 e. The third-order valence-electron chi connectivity index (χ3n) is 4.53. The number of hydrogen-bond donors (Lipinski definition) is 8. The number of aliphatic hydroxyl groups excluding tert-OH is 1. The Morgan fingerprint density at radius 1 is 0.970 bits per heavy atom. The number of amides is 4. The highest BCUT2D eigenvalue weighted by molar-refractivity contribution is 7.80. The first-order valence-electron chi connectivity index (χ1n) is 9.96. The second-order valence-corrected chi connectivity index (χ2v) is 7.70. The summed E-state index contributed by atoms with van der Waals surface area (Å²) in [6.45, 7) is 1.22. The normalized spacial score (nSPS) is 15.3. The average molecular weight is 484 g/mol. The van der Waals surface area contributed by atoms with Crippen LogP contribution in [-0.2, 0) is 30.4 Å². The van der Waals surface area contributed by atoms with Gasteiger partial charge in [-0.05, 0) is 12.5 Å². The summed E-state index contributed by atoms with van der Waals surface area (Å²) in [4.78, 5) is 59.8. The van der Waals surface area contributed by atoms with Gasteiger partial charge in [-0.3, -0.25) is 19.2 Å². The van der Waals surface area contributed by atoms with Gasteiger partial charge in [-0.15, -0.1) is 0 Å². The minimum atomic E-state index is -1.51. The Kier molecular flexibility index (Phi) is 11.3. The van der Waals surface area contributed by atoms with Gasteiger partial charge in [0.1, 0.15) is 18.1 Å². The number of carboxylic acid groups (broad SMARTS) is 1. The largest absolute Gasteiger partial charge is 0.480 e. The minimum absolute atomic E-state index is 0.0132. The molecule has 5 atom stereocenters. The van der Waals surface area contributed by atoms with Crippen LogP contribution in [-0.4, -0.2) is 75.8 Å². The van der Waals surface area contributed by atoms with E-state index in [4.69, 9.17) is 11.5 Å². The van der Waals surface area contributed by atoms with E-state index in [-0.39, 0.29) is 12.2 Å². The predicted octanol–water partition coefficient (Wildman–Crippen LogP) is -2.72. The van der Waals surface area contributed by atoms with Crippen LogP contribution in [0.3, 0.4) is 0 Å². The number of primary amides is 1. The van der Waals surface area contributed by atoms with Gasteiger partial charge in [0.25, 0.3) is 0 Å². The topological polar surface area (TPSA) is 214 Å². The van der Waals surface area contributed by atoms with E-state index in [1.165, 1.54) is 6.92 Å². The molecule has 0 saturated heterocycles. The molecule has 0 radical (unpaired) electrons. The number of carboxylic acids is 1. The van der Waals surface area contributed by atoms with E-state index in [0.29, 0.717) is 5.56 Å². The van der Waals surface area contributed by atoms with Crippen molar-refractivity contribution in [2.24, 2.45) is 11.5 Å². The lowest BCUT2D eigenvalue weighted by atomic mass is 10.1. The minimum Gasteiger partial charge on any atom is -0.480 e. The SMILES string of the molecule is CC(O)C(NC(=O)C(N)CC(N)=O)C(=O)NC(CS)C(=O)NC(Cc1ccccc1)C(=O)O. The summed E-state index contributed by atoms with van der Waals surface area (Å²) >= 11 is 4.02.